The van der Waals surface area contributed by atoms with E-state index in [1.165, 1.54) is 0 Å². The first-order valence-electron chi connectivity index (χ1n) is 7.17. The van der Waals surface area contributed by atoms with Gasteiger partial charge >= 0.3 is 0 Å². The number of carbonyl (C=O) groups is 1. The number of aromatic nitrogens is 1. The molecule has 22 heavy (non-hydrogen) atoms. The number of allylic oxidation sites excluding steroid dienone is 3. The minimum Gasteiger partial charge on any atom is -0.444 e. The minimum atomic E-state index is -0.481. The number of Topliss-reactive ketones (excluding diaryl/α,β-unsaturated/α-hetero) is 1. The van der Waals surface area contributed by atoms with Crippen LogP contribution in [0.25, 0.3) is 0 Å². The van der Waals surface area contributed by atoms with Crippen LogP contribution in [0.4, 0.5) is 0 Å². The third-order valence-electron chi connectivity index (χ3n) is 4.09. The summed E-state index contributed by atoms with van der Waals surface area (Å²) in [4.78, 5) is 16.8. The molecule has 1 unspecified atom stereocenters. The number of carbonyl (C=O) groups excluding carboxylic acids is 1. The Kier molecular flexibility index (Phi) is 3.25. The highest BCUT2D eigenvalue weighted by molar-refractivity contribution is 6.00. The number of ether oxygens (including phenoxy) is 1. The number of nitrogens with two attached hydrogens (primary N) is 1. The lowest BCUT2D eigenvalue weighted by Gasteiger charge is -2.37. The van der Waals surface area contributed by atoms with E-state index >= 15 is 0 Å². The zero-order chi connectivity index (χ0) is 15.9. The molecule has 0 spiro atoms. The summed E-state index contributed by atoms with van der Waals surface area (Å²) in [6.45, 7) is 4.05. The molecule has 2 heterocycles. The van der Waals surface area contributed by atoms with Crippen molar-refractivity contribution in [2.45, 2.75) is 32.6 Å². The molecular formula is C17H17N3O2. The van der Waals surface area contributed by atoms with E-state index in [2.05, 4.69) is 11.1 Å². The van der Waals surface area contributed by atoms with Gasteiger partial charge in [-0.05, 0) is 17.0 Å². The van der Waals surface area contributed by atoms with E-state index in [0.717, 1.165) is 5.56 Å². The molecule has 0 fully saturated rings. The standard InChI is InChI=1S/C17H17N3O2/c1-17(2)6-12(21)15-13(7-17)22-16(19)11(8-18)14(15)10-4-3-5-20-9-10/h3-5,9,14H,6-7,19H2,1-2H3. The summed E-state index contributed by atoms with van der Waals surface area (Å²) in [5, 5.41) is 9.45. The number of nitrogens with zero attached hydrogens (tertiary/aromatic N) is 2. The van der Waals surface area contributed by atoms with Gasteiger partial charge in [0, 0.05) is 30.8 Å². The lowest BCUT2D eigenvalue weighted by atomic mass is 9.70. The SMILES string of the molecule is CC1(C)CC(=O)C2=C(C1)OC(N)=C(C#N)C2c1cccnc1. The lowest BCUT2D eigenvalue weighted by molar-refractivity contribution is -0.119. The summed E-state index contributed by atoms with van der Waals surface area (Å²) in [5.74, 6) is 0.207. The number of ketones is 1. The van der Waals surface area contributed by atoms with Crippen molar-refractivity contribution in [1.82, 2.24) is 4.98 Å². The number of rotatable bonds is 1. The van der Waals surface area contributed by atoms with Gasteiger partial charge in [0.2, 0.25) is 5.88 Å². The monoisotopic (exact) mass is 295 g/mol. The molecule has 0 bridgehead atoms. The normalized spacial score (nSPS) is 23.7. The van der Waals surface area contributed by atoms with E-state index in [-0.39, 0.29) is 22.7 Å². The fourth-order valence-electron chi connectivity index (χ4n) is 3.16. The summed E-state index contributed by atoms with van der Waals surface area (Å²) >= 11 is 0. The van der Waals surface area contributed by atoms with Gasteiger partial charge in [-0.15, -0.1) is 0 Å². The molecule has 0 saturated carbocycles. The Labute approximate surface area is 129 Å². The van der Waals surface area contributed by atoms with Crippen LogP contribution < -0.4 is 5.73 Å². The van der Waals surface area contributed by atoms with Crippen LogP contribution in [0.5, 0.6) is 0 Å². The van der Waals surface area contributed by atoms with Crippen molar-refractivity contribution < 1.29 is 9.53 Å². The Morgan fingerprint density at radius 3 is 2.86 bits per heavy atom. The molecule has 2 N–H and O–H groups in total. The van der Waals surface area contributed by atoms with Crippen molar-refractivity contribution in [2.75, 3.05) is 0 Å². The second-order valence-corrected chi connectivity index (χ2v) is 6.49. The summed E-state index contributed by atoms with van der Waals surface area (Å²) in [7, 11) is 0. The predicted molar refractivity (Wildman–Crippen MR) is 79.9 cm³/mol. The summed E-state index contributed by atoms with van der Waals surface area (Å²) < 4.78 is 5.62. The molecule has 1 atom stereocenters. The number of pyridine rings is 1. The van der Waals surface area contributed by atoms with Gasteiger partial charge in [0.25, 0.3) is 0 Å². The minimum absolute atomic E-state index is 0.0142. The molecule has 1 aromatic heterocycles. The van der Waals surface area contributed by atoms with E-state index in [1.807, 2.05) is 19.9 Å². The first-order valence-corrected chi connectivity index (χ1v) is 7.17. The first-order chi connectivity index (χ1) is 10.4. The molecule has 5 nitrogen and oxygen atoms in total. The Balaban J connectivity index is 2.18. The predicted octanol–water partition coefficient (Wildman–Crippen LogP) is 2.53. The second kappa shape index (κ2) is 4.99. The van der Waals surface area contributed by atoms with Crippen LogP contribution in [0.1, 0.15) is 38.2 Å². The Bertz CT molecular complexity index is 739. The van der Waals surface area contributed by atoms with E-state index < -0.39 is 5.92 Å². The zero-order valence-electron chi connectivity index (χ0n) is 12.6. The van der Waals surface area contributed by atoms with E-state index in [0.29, 0.717) is 24.2 Å². The second-order valence-electron chi connectivity index (χ2n) is 6.49. The maximum atomic E-state index is 12.7. The average molecular weight is 295 g/mol. The van der Waals surface area contributed by atoms with Crippen molar-refractivity contribution in [3.63, 3.8) is 0 Å². The molecule has 1 aliphatic carbocycles. The van der Waals surface area contributed by atoms with E-state index in [4.69, 9.17) is 10.5 Å². The highest BCUT2D eigenvalue weighted by Gasteiger charge is 2.42. The quantitative estimate of drug-likeness (QED) is 0.860. The van der Waals surface area contributed by atoms with Gasteiger partial charge < -0.3 is 10.5 Å². The summed E-state index contributed by atoms with van der Waals surface area (Å²) in [6.07, 6.45) is 4.39. The number of hydrogen-bond donors (Lipinski definition) is 1. The van der Waals surface area contributed by atoms with Crippen molar-refractivity contribution >= 4 is 5.78 Å². The largest absolute Gasteiger partial charge is 0.444 e. The molecule has 0 aromatic carbocycles. The average Bonchev–Trinajstić information content (AvgIpc) is 2.45. The molecule has 0 radical (unpaired) electrons. The van der Waals surface area contributed by atoms with Gasteiger partial charge in [-0.25, -0.2) is 0 Å². The van der Waals surface area contributed by atoms with Gasteiger partial charge in [0.15, 0.2) is 5.78 Å². The maximum absolute atomic E-state index is 12.7. The molecule has 2 aliphatic rings. The van der Waals surface area contributed by atoms with E-state index in [9.17, 15) is 10.1 Å². The molecule has 1 aromatic rings. The Morgan fingerprint density at radius 2 is 2.23 bits per heavy atom. The van der Waals surface area contributed by atoms with Crippen LogP contribution in [0.2, 0.25) is 0 Å². The van der Waals surface area contributed by atoms with Gasteiger partial charge in [0.05, 0.1) is 5.92 Å². The lowest BCUT2D eigenvalue weighted by Crippen LogP contribution is -2.33. The topological polar surface area (TPSA) is 89.0 Å². The van der Waals surface area contributed by atoms with Crippen LogP contribution in [0.15, 0.2) is 47.3 Å². The zero-order valence-corrected chi connectivity index (χ0v) is 12.6. The fourth-order valence-corrected chi connectivity index (χ4v) is 3.16. The summed E-state index contributed by atoms with van der Waals surface area (Å²) in [5.41, 5.74) is 7.38. The van der Waals surface area contributed by atoms with Crippen LogP contribution in [0, 0.1) is 16.7 Å². The third-order valence-corrected chi connectivity index (χ3v) is 4.09. The van der Waals surface area contributed by atoms with Crippen LogP contribution in [-0.4, -0.2) is 10.8 Å². The third kappa shape index (κ3) is 2.27. The van der Waals surface area contributed by atoms with E-state index in [1.54, 1.807) is 18.5 Å². The number of hydrogen-bond acceptors (Lipinski definition) is 5. The Hall–Kier alpha value is -2.61. The smallest absolute Gasteiger partial charge is 0.205 e. The molecule has 5 heteroatoms. The van der Waals surface area contributed by atoms with Crippen molar-refractivity contribution in [1.29, 1.82) is 5.26 Å². The van der Waals surface area contributed by atoms with Crippen LogP contribution in [-0.2, 0) is 9.53 Å². The highest BCUT2D eigenvalue weighted by Crippen LogP contribution is 2.47. The van der Waals surface area contributed by atoms with Gasteiger partial charge in [-0.3, -0.25) is 9.78 Å². The van der Waals surface area contributed by atoms with Gasteiger partial charge in [0.1, 0.15) is 17.4 Å². The summed E-state index contributed by atoms with van der Waals surface area (Å²) in [6, 6.07) is 5.73. The van der Waals surface area contributed by atoms with Crippen LogP contribution in [0.3, 0.4) is 0 Å². The van der Waals surface area contributed by atoms with Crippen LogP contribution >= 0.6 is 0 Å². The molecule has 0 amide bonds. The van der Waals surface area contributed by atoms with Gasteiger partial charge in [-0.1, -0.05) is 19.9 Å². The van der Waals surface area contributed by atoms with Crippen molar-refractivity contribution in [2.24, 2.45) is 11.1 Å². The molecule has 3 rings (SSSR count). The van der Waals surface area contributed by atoms with Crippen molar-refractivity contribution in [3.05, 3.63) is 52.9 Å². The number of nitriles is 1. The molecule has 1 aliphatic heterocycles. The maximum Gasteiger partial charge on any atom is 0.205 e. The van der Waals surface area contributed by atoms with Gasteiger partial charge in [-0.2, -0.15) is 5.26 Å². The molecule has 112 valence electrons. The molecule has 0 saturated heterocycles. The Morgan fingerprint density at radius 1 is 1.45 bits per heavy atom. The highest BCUT2D eigenvalue weighted by atomic mass is 16.5. The molecular weight excluding hydrogens is 278 g/mol. The fraction of sp³-hybridized carbons (Fsp3) is 0.353. The first kappa shape index (κ1) is 14.3. The van der Waals surface area contributed by atoms with Crippen molar-refractivity contribution in [3.8, 4) is 6.07 Å².